The number of hydrogen-bond acceptors (Lipinski definition) is 2. The monoisotopic (exact) mass is 304 g/mol. The highest BCUT2D eigenvalue weighted by Crippen LogP contribution is 2.39. The highest BCUT2D eigenvalue weighted by atomic mass is 32.2. The molecule has 0 saturated carbocycles. The first kappa shape index (κ1) is 15.8. The molecule has 1 rings (SSSR count). The van der Waals surface area contributed by atoms with Crippen LogP contribution in [0.3, 0.4) is 0 Å². The molecule has 9 heteroatoms. The topological polar surface area (TPSA) is 54.4 Å². The van der Waals surface area contributed by atoms with Gasteiger partial charge in [0.2, 0.25) is 0 Å². The summed E-state index contributed by atoms with van der Waals surface area (Å²) in [6.45, 7) is 1.39. The first-order valence-electron chi connectivity index (χ1n) is 4.86. The van der Waals surface area contributed by atoms with Crippen LogP contribution in [0.2, 0.25) is 0 Å². The van der Waals surface area contributed by atoms with Gasteiger partial charge in [0.05, 0.1) is 4.90 Å². The van der Waals surface area contributed by atoms with Gasteiger partial charge in [-0.15, -0.1) is 0 Å². The van der Waals surface area contributed by atoms with Crippen LogP contribution in [0, 0.1) is 6.92 Å². The average Bonchev–Trinajstić information content (AvgIpc) is 2.12. The Bertz CT molecular complexity index is 577. The largest absolute Gasteiger partial charge is 0.453 e. The number of halogens is 5. The molecule has 0 aliphatic carbocycles. The maximum absolute atomic E-state index is 12.9. The summed E-state index contributed by atoms with van der Waals surface area (Å²) in [7, 11) is -4.87. The molecule has 1 N–H and O–H groups in total. The van der Waals surface area contributed by atoms with Gasteiger partial charge in [-0.25, -0.2) is 0 Å². The van der Waals surface area contributed by atoms with E-state index in [4.69, 9.17) is 4.55 Å². The predicted octanol–water partition coefficient (Wildman–Crippen LogP) is 2.98. The molecule has 0 atom stereocenters. The molecule has 0 amide bonds. The van der Waals surface area contributed by atoms with E-state index < -0.39 is 39.1 Å². The van der Waals surface area contributed by atoms with Crippen molar-refractivity contribution in [2.75, 3.05) is 0 Å². The van der Waals surface area contributed by atoms with E-state index in [-0.39, 0.29) is 0 Å². The Balaban J connectivity index is 3.32. The Labute approximate surface area is 105 Å². The molecule has 108 valence electrons. The lowest BCUT2D eigenvalue weighted by Crippen LogP contribution is -2.38. The summed E-state index contributed by atoms with van der Waals surface area (Å²) in [6, 6.07) is 2.83. The molecule has 0 aliphatic heterocycles. The van der Waals surface area contributed by atoms with Gasteiger partial charge in [-0.2, -0.15) is 30.4 Å². The van der Waals surface area contributed by atoms with Crippen molar-refractivity contribution >= 4 is 10.1 Å². The first-order chi connectivity index (χ1) is 8.34. The first-order valence-corrected chi connectivity index (χ1v) is 6.30. The van der Waals surface area contributed by atoms with Crippen LogP contribution in [0.5, 0.6) is 0 Å². The molecule has 19 heavy (non-hydrogen) atoms. The Morgan fingerprint density at radius 3 is 2.11 bits per heavy atom. The Kier molecular flexibility index (Phi) is 3.93. The minimum Gasteiger partial charge on any atom is -0.282 e. The third-order valence-electron chi connectivity index (χ3n) is 2.32. The number of benzene rings is 1. The fourth-order valence-electron chi connectivity index (χ4n) is 1.44. The van der Waals surface area contributed by atoms with Gasteiger partial charge in [-0.1, -0.05) is 17.7 Å². The molecule has 0 saturated heterocycles. The van der Waals surface area contributed by atoms with E-state index in [2.05, 4.69) is 0 Å². The Morgan fingerprint density at radius 2 is 1.68 bits per heavy atom. The summed E-state index contributed by atoms with van der Waals surface area (Å²) >= 11 is 0. The van der Waals surface area contributed by atoms with E-state index in [0.29, 0.717) is 5.56 Å². The summed E-state index contributed by atoms with van der Waals surface area (Å²) in [5.41, 5.74) is -0.495. The molecular formula is C10H9F5O3S. The molecule has 0 fully saturated rings. The molecule has 0 aliphatic rings. The lowest BCUT2D eigenvalue weighted by molar-refractivity contribution is -0.281. The van der Waals surface area contributed by atoms with Gasteiger partial charge < -0.3 is 0 Å². The van der Waals surface area contributed by atoms with Crippen LogP contribution in [-0.4, -0.2) is 25.1 Å². The van der Waals surface area contributed by atoms with E-state index >= 15 is 0 Å². The number of aryl methyl sites for hydroxylation is 1. The van der Waals surface area contributed by atoms with Gasteiger partial charge >= 0.3 is 12.1 Å². The maximum atomic E-state index is 12.9. The zero-order valence-electron chi connectivity index (χ0n) is 9.50. The summed E-state index contributed by atoms with van der Waals surface area (Å²) in [5, 5.41) is 0. The standard InChI is InChI=1S/C10H9F5O3S/c1-6-2-3-8(19(16,17)18)7(4-6)5-9(11,12)10(13,14)15/h2-4H,5H2,1H3,(H,16,17,18). The molecule has 3 nitrogen and oxygen atoms in total. The van der Waals surface area contributed by atoms with E-state index in [1.165, 1.54) is 13.0 Å². The zero-order chi connectivity index (χ0) is 15.1. The SMILES string of the molecule is Cc1ccc(S(=O)(=O)O)c(CC(F)(F)C(F)(F)F)c1. The summed E-state index contributed by atoms with van der Waals surface area (Å²) in [6.07, 6.45) is -7.65. The number of rotatable bonds is 3. The van der Waals surface area contributed by atoms with Crippen molar-refractivity contribution in [3.63, 3.8) is 0 Å². The normalized spacial score (nSPS) is 13.6. The minimum absolute atomic E-state index is 0.292. The molecule has 0 unspecified atom stereocenters. The second kappa shape index (κ2) is 4.71. The van der Waals surface area contributed by atoms with E-state index in [1.807, 2.05) is 0 Å². The van der Waals surface area contributed by atoms with Crippen LogP contribution in [0.1, 0.15) is 11.1 Å². The second-order valence-electron chi connectivity index (χ2n) is 3.97. The average molecular weight is 304 g/mol. The summed E-state index contributed by atoms with van der Waals surface area (Å²) in [5.74, 6) is -5.08. The van der Waals surface area contributed by atoms with Gasteiger partial charge in [-0.3, -0.25) is 4.55 Å². The van der Waals surface area contributed by atoms with Gasteiger partial charge in [-0.05, 0) is 18.6 Å². The van der Waals surface area contributed by atoms with Crippen molar-refractivity contribution in [2.24, 2.45) is 0 Å². The third kappa shape index (κ3) is 3.63. The number of alkyl halides is 5. The fraction of sp³-hybridized carbons (Fsp3) is 0.400. The smallest absolute Gasteiger partial charge is 0.282 e. The van der Waals surface area contributed by atoms with Gasteiger partial charge in [0, 0.05) is 6.42 Å². The Morgan fingerprint density at radius 1 is 1.16 bits per heavy atom. The summed E-state index contributed by atoms with van der Waals surface area (Å²) < 4.78 is 92.8. The van der Waals surface area contributed by atoms with Crippen LogP contribution in [0.25, 0.3) is 0 Å². The quantitative estimate of drug-likeness (QED) is 0.690. The zero-order valence-corrected chi connectivity index (χ0v) is 10.3. The molecule has 0 radical (unpaired) electrons. The van der Waals surface area contributed by atoms with Crippen molar-refractivity contribution in [1.29, 1.82) is 0 Å². The van der Waals surface area contributed by atoms with Gasteiger partial charge in [0.15, 0.2) is 0 Å². The number of hydrogen-bond donors (Lipinski definition) is 1. The molecule has 0 aromatic heterocycles. The van der Waals surface area contributed by atoms with Crippen molar-refractivity contribution < 1.29 is 34.9 Å². The Hall–Kier alpha value is -1.22. The van der Waals surface area contributed by atoms with E-state index in [9.17, 15) is 30.4 Å². The fourth-order valence-corrected chi connectivity index (χ4v) is 2.14. The van der Waals surface area contributed by atoms with Crippen molar-refractivity contribution in [3.05, 3.63) is 29.3 Å². The summed E-state index contributed by atoms with van der Waals surface area (Å²) in [4.78, 5) is -0.956. The molecule has 0 bridgehead atoms. The minimum atomic E-state index is -5.80. The van der Waals surface area contributed by atoms with Crippen LogP contribution < -0.4 is 0 Å². The molecule has 1 aromatic carbocycles. The van der Waals surface area contributed by atoms with Crippen LogP contribution >= 0.6 is 0 Å². The third-order valence-corrected chi connectivity index (χ3v) is 3.28. The maximum Gasteiger partial charge on any atom is 0.453 e. The lowest BCUT2D eigenvalue weighted by Gasteiger charge is -2.20. The van der Waals surface area contributed by atoms with Crippen molar-refractivity contribution in [2.45, 2.75) is 30.3 Å². The highest BCUT2D eigenvalue weighted by Gasteiger charge is 2.57. The molecular weight excluding hydrogens is 295 g/mol. The van der Waals surface area contributed by atoms with Crippen molar-refractivity contribution in [3.8, 4) is 0 Å². The van der Waals surface area contributed by atoms with Gasteiger partial charge in [0.25, 0.3) is 10.1 Å². The van der Waals surface area contributed by atoms with Crippen LogP contribution in [0.15, 0.2) is 23.1 Å². The van der Waals surface area contributed by atoms with Gasteiger partial charge in [0.1, 0.15) is 0 Å². The second-order valence-corrected chi connectivity index (χ2v) is 5.36. The highest BCUT2D eigenvalue weighted by molar-refractivity contribution is 7.85. The lowest BCUT2D eigenvalue weighted by atomic mass is 10.0. The molecule has 0 spiro atoms. The predicted molar refractivity (Wildman–Crippen MR) is 55.7 cm³/mol. The van der Waals surface area contributed by atoms with E-state index in [1.54, 1.807) is 0 Å². The molecule has 1 aromatic rings. The van der Waals surface area contributed by atoms with Crippen molar-refractivity contribution in [1.82, 2.24) is 0 Å². The molecule has 0 heterocycles. The van der Waals surface area contributed by atoms with Crippen LogP contribution in [-0.2, 0) is 16.5 Å². The van der Waals surface area contributed by atoms with E-state index in [0.717, 1.165) is 12.1 Å². The van der Waals surface area contributed by atoms with Crippen LogP contribution in [0.4, 0.5) is 22.0 Å².